The molecule has 0 aliphatic heterocycles. The van der Waals surface area contributed by atoms with Gasteiger partial charge in [-0.15, -0.1) is 0 Å². The second-order valence-corrected chi connectivity index (χ2v) is 2.78. The summed E-state index contributed by atoms with van der Waals surface area (Å²) in [6.45, 7) is 2.63. The molecule has 2 amide bonds. The highest BCUT2D eigenvalue weighted by Crippen LogP contribution is 1.91. The molecule has 0 rings (SSSR count). The maximum absolute atomic E-state index is 10.4. The first kappa shape index (κ1) is 11.7. The van der Waals surface area contributed by atoms with Crippen molar-refractivity contribution in [2.24, 2.45) is 0 Å². The number of carbonyl (C=O) groups excluding carboxylic acids is 1. The van der Waals surface area contributed by atoms with Gasteiger partial charge in [0.05, 0.1) is 0 Å². The number of unbranched alkanes of at least 4 members (excludes halogenated alkanes) is 2. The molecule has 0 atom stereocenters. The molecule has 0 bridgehead atoms. The van der Waals surface area contributed by atoms with E-state index in [-0.39, 0.29) is 5.91 Å². The van der Waals surface area contributed by atoms with Gasteiger partial charge < -0.3 is 15.7 Å². The van der Waals surface area contributed by atoms with E-state index >= 15 is 0 Å². The summed E-state index contributed by atoms with van der Waals surface area (Å²) in [5.74, 6) is -0.0244. The third kappa shape index (κ3) is 10.7. The van der Waals surface area contributed by atoms with Crippen LogP contribution in [-0.2, 0) is 4.79 Å². The molecular weight excluding hydrogens is 172 g/mol. The Hall–Kier alpha value is -1.26. The Morgan fingerprint density at radius 1 is 1.08 bits per heavy atom. The molecule has 0 aromatic heterocycles. The Morgan fingerprint density at radius 3 is 2.08 bits per heavy atom. The summed E-state index contributed by atoms with van der Waals surface area (Å²) >= 11 is 0. The fourth-order valence-corrected chi connectivity index (χ4v) is 0.887. The first-order valence-corrected chi connectivity index (χ1v) is 4.34. The number of rotatable bonds is 6. The third-order valence-electron chi connectivity index (χ3n) is 1.50. The van der Waals surface area contributed by atoms with Crippen LogP contribution in [-0.4, -0.2) is 30.2 Å². The maximum atomic E-state index is 10.4. The summed E-state index contributed by atoms with van der Waals surface area (Å²) in [5, 5.41) is 13.2. The lowest BCUT2D eigenvalue weighted by molar-refractivity contribution is -0.118. The maximum Gasteiger partial charge on any atom is 0.404 e. The monoisotopic (exact) mass is 188 g/mol. The first-order chi connectivity index (χ1) is 6.13. The van der Waals surface area contributed by atoms with Crippen LogP contribution in [0.5, 0.6) is 0 Å². The van der Waals surface area contributed by atoms with E-state index in [9.17, 15) is 9.59 Å². The molecule has 0 aliphatic rings. The van der Waals surface area contributed by atoms with E-state index in [1.807, 2.05) is 0 Å². The second-order valence-electron chi connectivity index (χ2n) is 2.78. The average Bonchev–Trinajstić information content (AvgIpc) is 2.01. The second kappa shape index (κ2) is 7.39. The highest BCUT2D eigenvalue weighted by atomic mass is 16.4. The predicted molar refractivity (Wildman–Crippen MR) is 48.6 cm³/mol. The van der Waals surface area contributed by atoms with E-state index in [4.69, 9.17) is 5.11 Å². The normalized spacial score (nSPS) is 9.31. The number of hydrogen-bond acceptors (Lipinski definition) is 2. The minimum atomic E-state index is -0.984. The fourth-order valence-electron chi connectivity index (χ4n) is 0.887. The molecule has 0 spiro atoms. The van der Waals surface area contributed by atoms with Gasteiger partial charge in [0, 0.05) is 20.0 Å². The lowest BCUT2D eigenvalue weighted by Gasteiger charge is -2.02. The highest BCUT2D eigenvalue weighted by Gasteiger charge is 1.94. The van der Waals surface area contributed by atoms with Crippen LogP contribution in [0.4, 0.5) is 4.79 Å². The van der Waals surface area contributed by atoms with Crippen LogP contribution in [0.15, 0.2) is 0 Å². The van der Waals surface area contributed by atoms with Crippen LogP contribution >= 0.6 is 0 Å². The Labute approximate surface area is 77.5 Å². The van der Waals surface area contributed by atoms with Crippen LogP contribution in [0.25, 0.3) is 0 Å². The van der Waals surface area contributed by atoms with Crippen molar-refractivity contribution in [1.29, 1.82) is 0 Å². The van der Waals surface area contributed by atoms with Crippen molar-refractivity contribution in [2.75, 3.05) is 13.1 Å². The number of nitrogens with one attached hydrogen (secondary N) is 2. The van der Waals surface area contributed by atoms with Crippen LogP contribution < -0.4 is 10.6 Å². The van der Waals surface area contributed by atoms with Gasteiger partial charge >= 0.3 is 6.09 Å². The van der Waals surface area contributed by atoms with Gasteiger partial charge in [0.25, 0.3) is 0 Å². The largest absolute Gasteiger partial charge is 0.465 e. The Bertz CT molecular complexity index is 153. The number of carboxylic acid groups (broad SMARTS) is 1. The summed E-state index contributed by atoms with van der Waals surface area (Å²) in [5.41, 5.74) is 0. The van der Waals surface area contributed by atoms with Crippen LogP contribution in [0.3, 0.4) is 0 Å². The summed E-state index contributed by atoms with van der Waals surface area (Å²) < 4.78 is 0. The van der Waals surface area contributed by atoms with Gasteiger partial charge in [-0.05, 0) is 19.3 Å². The molecule has 0 radical (unpaired) electrons. The zero-order chi connectivity index (χ0) is 10.1. The molecular formula is C8H16N2O3. The molecule has 0 aliphatic carbocycles. The zero-order valence-corrected chi connectivity index (χ0v) is 7.80. The molecule has 76 valence electrons. The van der Waals surface area contributed by atoms with Crippen molar-refractivity contribution in [3.63, 3.8) is 0 Å². The number of hydrogen-bond donors (Lipinski definition) is 3. The van der Waals surface area contributed by atoms with Crippen molar-refractivity contribution in [3.05, 3.63) is 0 Å². The quantitative estimate of drug-likeness (QED) is 0.533. The lowest BCUT2D eigenvalue weighted by Crippen LogP contribution is -2.23. The molecule has 0 saturated heterocycles. The Morgan fingerprint density at radius 2 is 1.62 bits per heavy atom. The van der Waals surface area contributed by atoms with Gasteiger partial charge in [0.2, 0.25) is 5.91 Å². The molecule has 0 fully saturated rings. The van der Waals surface area contributed by atoms with Crippen molar-refractivity contribution >= 4 is 12.0 Å². The molecule has 0 heterocycles. The van der Waals surface area contributed by atoms with Crippen molar-refractivity contribution in [1.82, 2.24) is 10.6 Å². The average molecular weight is 188 g/mol. The van der Waals surface area contributed by atoms with E-state index in [1.54, 1.807) is 0 Å². The van der Waals surface area contributed by atoms with Gasteiger partial charge in [0.1, 0.15) is 0 Å². The van der Waals surface area contributed by atoms with Crippen LogP contribution in [0.1, 0.15) is 26.2 Å². The van der Waals surface area contributed by atoms with Gasteiger partial charge in [-0.1, -0.05) is 0 Å². The molecule has 0 unspecified atom stereocenters. The van der Waals surface area contributed by atoms with Gasteiger partial charge in [-0.2, -0.15) is 0 Å². The standard InChI is InChI=1S/C8H16N2O3/c1-7(11)9-5-3-2-4-6-10-8(12)13/h10H,2-6H2,1H3,(H,9,11)(H,12,13). The van der Waals surface area contributed by atoms with Gasteiger partial charge in [-0.3, -0.25) is 4.79 Å². The number of amides is 2. The lowest BCUT2D eigenvalue weighted by atomic mass is 10.2. The van der Waals surface area contributed by atoms with E-state index < -0.39 is 6.09 Å². The summed E-state index contributed by atoms with van der Waals surface area (Å²) in [6.07, 6.45) is 1.63. The van der Waals surface area contributed by atoms with Crippen molar-refractivity contribution in [3.8, 4) is 0 Å². The molecule has 5 heteroatoms. The third-order valence-corrected chi connectivity index (χ3v) is 1.50. The summed E-state index contributed by atoms with van der Waals surface area (Å²) in [6, 6.07) is 0. The molecule has 3 N–H and O–H groups in total. The fraction of sp³-hybridized carbons (Fsp3) is 0.750. The van der Waals surface area contributed by atoms with Crippen molar-refractivity contribution in [2.45, 2.75) is 26.2 Å². The van der Waals surface area contributed by atoms with Crippen molar-refractivity contribution < 1.29 is 14.7 Å². The minimum Gasteiger partial charge on any atom is -0.465 e. The molecule has 5 nitrogen and oxygen atoms in total. The van der Waals surface area contributed by atoms with Gasteiger partial charge in [0.15, 0.2) is 0 Å². The highest BCUT2D eigenvalue weighted by molar-refractivity contribution is 5.72. The molecule has 0 aromatic carbocycles. The smallest absolute Gasteiger partial charge is 0.404 e. The van der Waals surface area contributed by atoms with E-state index in [2.05, 4.69) is 10.6 Å². The zero-order valence-electron chi connectivity index (χ0n) is 7.80. The molecule has 13 heavy (non-hydrogen) atoms. The topological polar surface area (TPSA) is 78.4 Å². The summed E-state index contributed by atoms with van der Waals surface area (Å²) in [7, 11) is 0. The number of carbonyl (C=O) groups is 2. The Kier molecular flexibility index (Phi) is 6.68. The first-order valence-electron chi connectivity index (χ1n) is 4.34. The van der Waals surface area contributed by atoms with E-state index in [1.165, 1.54) is 6.92 Å². The molecule has 0 aromatic rings. The predicted octanol–water partition coefficient (Wildman–Crippen LogP) is 0.560. The van der Waals surface area contributed by atoms with E-state index in [0.717, 1.165) is 19.3 Å². The van der Waals surface area contributed by atoms with Crippen LogP contribution in [0.2, 0.25) is 0 Å². The van der Waals surface area contributed by atoms with Gasteiger partial charge in [-0.25, -0.2) is 4.79 Å². The minimum absolute atomic E-state index is 0.0244. The van der Waals surface area contributed by atoms with Crippen LogP contribution in [0, 0.1) is 0 Å². The Balaban J connectivity index is 3.00. The SMILES string of the molecule is CC(=O)NCCCCCNC(=O)O. The summed E-state index contributed by atoms with van der Waals surface area (Å²) in [4.78, 5) is 20.4. The van der Waals surface area contributed by atoms with E-state index in [0.29, 0.717) is 13.1 Å². The molecule has 0 saturated carbocycles.